The number of carbonyl (C=O) groups excluding carboxylic acids is 1. The molecule has 4 rings (SSSR count). The van der Waals surface area contributed by atoms with Crippen molar-refractivity contribution in [3.8, 4) is 11.4 Å². The number of aromatic nitrogens is 4. The van der Waals surface area contributed by atoms with Crippen LogP contribution in [0, 0.1) is 5.82 Å². The molecule has 0 atom stereocenters. The van der Waals surface area contributed by atoms with Crippen molar-refractivity contribution in [1.29, 1.82) is 0 Å². The van der Waals surface area contributed by atoms with Gasteiger partial charge in [0.05, 0.1) is 0 Å². The van der Waals surface area contributed by atoms with Crippen LogP contribution in [0.25, 0.3) is 22.2 Å². The minimum Gasteiger partial charge on any atom is -0.324 e. The molecule has 0 unspecified atom stereocenters. The van der Waals surface area contributed by atoms with E-state index in [-0.39, 0.29) is 24.1 Å². The van der Waals surface area contributed by atoms with E-state index in [4.69, 9.17) is 0 Å². The largest absolute Gasteiger partial charge is 0.324 e. The molecule has 0 saturated carbocycles. The zero-order chi connectivity index (χ0) is 17.9. The molecule has 0 aliphatic heterocycles. The minimum absolute atomic E-state index is 0.0917. The van der Waals surface area contributed by atoms with Gasteiger partial charge in [-0.05, 0) is 28.8 Å². The van der Waals surface area contributed by atoms with E-state index in [9.17, 15) is 9.18 Å². The first-order chi connectivity index (χ1) is 12.7. The fraction of sp³-hybridized carbons (Fsp3) is 0.0526. The summed E-state index contributed by atoms with van der Waals surface area (Å²) in [5.41, 5.74) is 1.23. The summed E-state index contributed by atoms with van der Waals surface area (Å²) in [6.45, 7) is -0.0917. The molecule has 0 bridgehead atoms. The average molecular weight is 347 g/mol. The maximum atomic E-state index is 13.3. The van der Waals surface area contributed by atoms with E-state index in [0.717, 1.165) is 16.5 Å². The van der Waals surface area contributed by atoms with Gasteiger partial charge in [0.1, 0.15) is 12.4 Å². The number of fused-ring (bicyclic) bond motifs is 1. The Kier molecular flexibility index (Phi) is 4.10. The summed E-state index contributed by atoms with van der Waals surface area (Å²) >= 11 is 0. The van der Waals surface area contributed by atoms with Crippen molar-refractivity contribution in [2.24, 2.45) is 0 Å². The zero-order valence-electron chi connectivity index (χ0n) is 13.6. The fourth-order valence-corrected chi connectivity index (χ4v) is 2.71. The molecule has 0 fully saturated rings. The first kappa shape index (κ1) is 15.9. The van der Waals surface area contributed by atoms with Crippen LogP contribution in [-0.2, 0) is 11.3 Å². The summed E-state index contributed by atoms with van der Waals surface area (Å²) in [4.78, 5) is 13.5. The number of nitrogens with one attached hydrogen (secondary N) is 1. The molecule has 0 spiro atoms. The SMILES string of the molecule is O=C(Cn1nnc(-c2cccc(F)c2)n1)Nc1cccc2ccccc12. The van der Waals surface area contributed by atoms with Crippen LogP contribution < -0.4 is 5.32 Å². The smallest absolute Gasteiger partial charge is 0.248 e. The monoisotopic (exact) mass is 347 g/mol. The third-order valence-electron chi connectivity index (χ3n) is 3.88. The number of hydrogen-bond donors (Lipinski definition) is 1. The maximum absolute atomic E-state index is 13.3. The van der Waals surface area contributed by atoms with Crippen LogP contribution in [0.1, 0.15) is 0 Å². The first-order valence-electron chi connectivity index (χ1n) is 8.00. The van der Waals surface area contributed by atoms with Crippen LogP contribution in [0.4, 0.5) is 10.1 Å². The van der Waals surface area contributed by atoms with Gasteiger partial charge in [0.15, 0.2) is 0 Å². The van der Waals surface area contributed by atoms with E-state index in [0.29, 0.717) is 5.56 Å². The number of rotatable bonds is 4. The van der Waals surface area contributed by atoms with Crippen molar-refractivity contribution in [3.05, 3.63) is 72.5 Å². The summed E-state index contributed by atoms with van der Waals surface area (Å²) in [6, 6.07) is 19.4. The van der Waals surface area contributed by atoms with Crippen LogP contribution in [-0.4, -0.2) is 26.1 Å². The molecular weight excluding hydrogens is 333 g/mol. The molecule has 1 N–H and O–H groups in total. The number of halogens is 1. The highest BCUT2D eigenvalue weighted by atomic mass is 19.1. The van der Waals surface area contributed by atoms with Gasteiger partial charge in [0.25, 0.3) is 0 Å². The van der Waals surface area contributed by atoms with E-state index in [2.05, 4.69) is 20.7 Å². The predicted octanol–water partition coefficient (Wildman–Crippen LogP) is 3.27. The van der Waals surface area contributed by atoms with Crippen molar-refractivity contribution in [2.45, 2.75) is 6.54 Å². The van der Waals surface area contributed by atoms with Crippen molar-refractivity contribution in [2.75, 3.05) is 5.32 Å². The van der Waals surface area contributed by atoms with Crippen LogP contribution in [0.15, 0.2) is 66.7 Å². The summed E-state index contributed by atoms with van der Waals surface area (Å²) in [5, 5.41) is 16.7. The molecule has 26 heavy (non-hydrogen) atoms. The Morgan fingerprint density at radius 3 is 2.73 bits per heavy atom. The van der Waals surface area contributed by atoms with Gasteiger partial charge in [-0.2, -0.15) is 4.80 Å². The van der Waals surface area contributed by atoms with E-state index >= 15 is 0 Å². The number of anilines is 1. The highest BCUT2D eigenvalue weighted by Crippen LogP contribution is 2.22. The van der Waals surface area contributed by atoms with Gasteiger partial charge in [-0.3, -0.25) is 4.79 Å². The van der Waals surface area contributed by atoms with Crippen molar-refractivity contribution in [1.82, 2.24) is 20.2 Å². The number of nitrogens with zero attached hydrogens (tertiary/aromatic N) is 4. The Morgan fingerprint density at radius 1 is 1.04 bits per heavy atom. The molecule has 3 aromatic carbocycles. The molecule has 0 aliphatic carbocycles. The molecule has 0 saturated heterocycles. The lowest BCUT2D eigenvalue weighted by atomic mass is 10.1. The Morgan fingerprint density at radius 2 is 1.85 bits per heavy atom. The normalized spacial score (nSPS) is 10.8. The standard InChI is InChI=1S/C19H14FN5O/c20-15-8-3-7-14(11-15)19-22-24-25(23-19)12-18(26)21-17-10-4-6-13-5-1-2-9-16(13)17/h1-11H,12H2,(H,21,26). The number of benzene rings is 3. The lowest BCUT2D eigenvalue weighted by Crippen LogP contribution is -2.20. The van der Waals surface area contributed by atoms with E-state index in [1.807, 2.05) is 42.5 Å². The number of amides is 1. The summed E-state index contributed by atoms with van der Waals surface area (Å²) in [6.07, 6.45) is 0. The van der Waals surface area contributed by atoms with Gasteiger partial charge in [-0.15, -0.1) is 10.2 Å². The second kappa shape index (κ2) is 6.72. The lowest BCUT2D eigenvalue weighted by Gasteiger charge is -2.08. The fourth-order valence-electron chi connectivity index (χ4n) is 2.71. The Hall–Kier alpha value is -3.61. The van der Waals surface area contributed by atoms with Crippen molar-refractivity contribution < 1.29 is 9.18 Å². The molecule has 6 nitrogen and oxygen atoms in total. The Bertz CT molecular complexity index is 1090. The zero-order valence-corrected chi connectivity index (χ0v) is 13.6. The molecule has 7 heteroatoms. The van der Waals surface area contributed by atoms with Crippen molar-refractivity contribution >= 4 is 22.4 Å². The number of hydrogen-bond acceptors (Lipinski definition) is 4. The summed E-state index contributed by atoms with van der Waals surface area (Å²) in [5.74, 6) is -0.389. The van der Waals surface area contributed by atoms with E-state index in [1.165, 1.54) is 16.9 Å². The highest BCUT2D eigenvalue weighted by molar-refractivity contribution is 6.01. The van der Waals surface area contributed by atoms with Gasteiger partial charge < -0.3 is 5.32 Å². The van der Waals surface area contributed by atoms with Gasteiger partial charge in [-0.1, -0.05) is 48.5 Å². The third-order valence-corrected chi connectivity index (χ3v) is 3.88. The molecule has 1 amide bonds. The maximum Gasteiger partial charge on any atom is 0.248 e. The molecular formula is C19H14FN5O. The number of tetrazole rings is 1. The third kappa shape index (κ3) is 3.27. The topological polar surface area (TPSA) is 72.7 Å². The average Bonchev–Trinajstić information content (AvgIpc) is 3.10. The quantitative estimate of drug-likeness (QED) is 0.615. The van der Waals surface area contributed by atoms with Crippen LogP contribution in [0.3, 0.4) is 0 Å². The predicted molar refractivity (Wildman–Crippen MR) is 95.8 cm³/mol. The van der Waals surface area contributed by atoms with Gasteiger partial charge in [-0.25, -0.2) is 4.39 Å². The van der Waals surface area contributed by atoms with Crippen LogP contribution in [0.2, 0.25) is 0 Å². The molecule has 0 aliphatic rings. The van der Waals surface area contributed by atoms with E-state index < -0.39 is 0 Å². The van der Waals surface area contributed by atoms with Crippen LogP contribution >= 0.6 is 0 Å². The van der Waals surface area contributed by atoms with Gasteiger partial charge >= 0.3 is 0 Å². The number of carbonyl (C=O) groups is 1. The van der Waals surface area contributed by atoms with Crippen molar-refractivity contribution in [3.63, 3.8) is 0 Å². The second-order valence-electron chi connectivity index (χ2n) is 5.73. The minimum atomic E-state index is -0.382. The molecule has 1 heterocycles. The Balaban J connectivity index is 1.50. The van der Waals surface area contributed by atoms with Gasteiger partial charge in [0, 0.05) is 16.6 Å². The molecule has 0 radical (unpaired) electrons. The van der Waals surface area contributed by atoms with E-state index in [1.54, 1.807) is 12.1 Å². The van der Waals surface area contributed by atoms with Gasteiger partial charge in [0.2, 0.25) is 11.7 Å². The Labute approximate surface area is 148 Å². The highest BCUT2D eigenvalue weighted by Gasteiger charge is 2.11. The lowest BCUT2D eigenvalue weighted by molar-refractivity contribution is -0.117. The summed E-state index contributed by atoms with van der Waals surface area (Å²) < 4.78 is 13.3. The first-order valence-corrected chi connectivity index (χ1v) is 8.00. The van der Waals surface area contributed by atoms with Crippen LogP contribution in [0.5, 0.6) is 0 Å². The molecule has 1 aromatic heterocycles. The second-order valence-corrected chi connectivity index (χ2v) is 5.73. The summed E-state index contributed by atoms with van der Waals surface area (Å²) in [7, 11) is 0. The molecule has 4 aromatic rings. The molecule has 128 valence electrons.